The molecule has 3 heteroatoms. The minimum Gasteiger partial charge on any atom is -0.481 e. The number of carbonyl (C=O) groups is 1. The molecule has 1 atom stereocenters. The van der Waals surface area contributed by atoms with E-state index in [2.05, 4.69) is 4.98 Å². The lowest BCUT2D eigenvalue weighted by Gasteiger charge is -2.07. The van der Waals surface area contributed by atoms with E-state index in [0.29, 0.717) is 6.42 Å². The van der Waals surface area contributed by atoms with Crippen LogP contribution in [0.5, 0.6) is 0 Å². The van der Waals surface area contributed by atoms with Gasteiger partial charge in [-0.1, -0.05) is 13.0 Å². The zero-order valence-corrected chi connectivity index (χ0v) is 7.82. The number of rotatable bonds is 3. The Morgan fingerprint density at radius 2 is 2.38 bits per heavy atom. The summed E-state index contributed by atoms with van der Waals surface area (Å²) in [7, 11) is 0. The summed E-state index contributed by atoms with van der Waals surface area (Å²) < 4.78 is 0. The van der Waals surface area contributed by atoms with Crippen molar-refractivity contribution in [3.05, 3.63) is 29.6 Å². The standard InChI is InChI=1S/C10H13NO2/c1-7(10(12)13)6-9-4-3-5-11-8(9)2/h3-5,7H,6H2,1-2H3,(H,12,13). The average Bonchev–Trinajstić information content (AvgIpc) is 2.08. The number of aryl methyl sites for hydroxylation is 1. The first-order chi connectivity index (χ1) is 6.11. The van der Waals surface area contributed by atoms with Crippen LogP contribution in [-0.2, 0) is 11.2 Å². The lowest BCUT2D eigenvalue weighted by molar-refractivity contribution is -0.141. The van der Waals surface area contributed by atoms with Gasteiger partial charge >= 0.3 is 5.97 Å². The van der Waals surface area contributed by atoms with Crippen molar-refractivity contribution in [3.8, 4) is 0 Å². The van der Waals surface area contributed by atoms with Gasteiger partial charge in [0.2, 0.25) is 0 Å². The maximum Gasteiger partial charge on any atom is 0.306 e. The van der Waals surface area contributed by atoms with E-state index in [1.807, 2.05) is 19.1 Å². The molecule has 0 aliphatic heterocycles. The van der Waals surface area contributed by atoms with E-state index < -0.39 is 5.97 Å². The summed E-state index contributed by atoms with van der Waals surface area (Å²) in [5.41, 5.74) is 1.92. The van der Waals surface area contributed by atoms with E-state index in [0.717, 1.165) is 11.3 Å². The SMILES string of the molecule is Cc1ncccc1CC(C)C(=O)O. The minimum absolute atomic E-state index is 0.345. The number of pyridine rings is 1. The molecule has 1 aromatic heterocycles. The third-order valence-corrected chi connectivity index (χ3v) is 2.06. The van der Waals surface area contributed by atoms with Crippen LogP contribution >= 0.6 is 0 Å². The fourth-order valence-corrected chi connectivity index (χ4v) is 1.15. The van der Waals surface area contributed by atoms with Crippen molar-refractivity contribution in [1.82, 2.24) is 4.98 Å². The number of aromatic nitrogens is 1. The molecule has 0 fully saturated rings. The molecule has 0 aliphatic carbocycles. The topological polar surface area (TPSA) is 50.2 Å². The molecule has 0 radical (unpaired) electrons. The van der Waals surface area contributed by atoms with Gasteiger partial charge in [0.1, 0.15) is 0 Å². The molecular formula is C10H13NO2. The van der Waals surface area contributed by atoms with Gasteiger partial charge in [-0.2, -0.15) is 0 Å². The van der Waals surface area contributed by atoms with Gasteiger partial charge in [0.05, 0.1) is 5.92 Å². The van der Waals surface area contributed by atoms with Gasteiger partial charge in [-0.3, -0.25) is 9.78 Å². The molecule has 0 aliphatic rings. The quantitative estimate of drug-likeness (QED) is 0.767. The predicted octanol–water partition coefficient (Wildman–Crippen LogP) is 1.65. The molecule has 70 valence electrons. The highest BCUT2D eigenvalue weighted by molar-refractivity contribution is 5.69. The minimum atomic E-state index is -0.761. The maximum atomic E-state index is 10.6. The lowest BCUT2D eigenvalue weighted by atomic mass is 10.0. The average molecular weight is 179 g/mol. The molecular weight excluding hydrogens is 166 g/mol. The molecule has 0 amide bonds. The van der Waals surface area contributed by atoms with E-state index in [1.165, 1.54) is 0 Å². The number of aliphatic carboxylic acids is 1. The summed E-state index contributed by atoms with van der Waals surface area (Å²) >= 11 is 0. The van der Waals surface area contributed by atoms with Crippen LogP contribution in [0, 0.1) is 12.8 Å². The number of hydrogen-bond acceptors (Lipinski definition) is 2. The van der Waals surface area contributed by atoms with E-state index in [9.17, 15) is 4.79 Å². The Kier molecular flexibility index (Phi) is 3.01. The van der Waals surface area contributed by atoms with Gasteiger partial charge in [0, 0.05) is 11.9 Å². The molecule has 1 rings (SSSR count). The highest BCUT2D eigenvalue weighted by Crippen LogP contribution is 2.10. The second-order valence-electron chi connectivity index (χ2n) is 3.19. The first kappa shape index (κ1) is 9.71. The Morgan fingerprint density at radius 3 is 2.92 bits per heavy atom. The number of hydrogen-bond donors (Lipinski definition) is 1. The Morgan fingerprint density at radius 1 is 1.69 bits per heavy atom. The van der Waals surface area contributed by atoms with Crippen LogP contribution in [0.2, 0.25) is 0 Å². The molecule has 3 nitrogen and oxygen atoms in total. The Bertz CT molecular complexity index is 310. The highest BCUT2D eigenvalue weighted by atomic mass is 16.4. The summed E-state index contributed by atoms with van der Waals surface area (Å²) in [5, 5.41) is 8.71. The van der Waals surface area contributed by atoms with Gasteiger partial charge in [0.25, 0.3) is 0 Å². The van der Waals surface area contributed by atoms with Crippen molar-refractivity contribution in [3.63, 3.8) is 0 Å². The molecule has 1 N–H and O–H groups in total. The summed E-state index contributed by atoms with van der Waals surface area (Å²) in [6, 6.07) is 3.75. The third kappa shape index (κ3) is 2.54. The number of carboxylic acid groups (broad SMARTS) is 1. The van der Waals surface area contributed by atoms with Crippen LogP contribution in [0.1, 0.15) is 18.2 Å². The second kappa shape index (κ2) is 4.03. The number of carboxylic acids is 1. The first-order valence-corrected chi connectivity index (χ1v) is 4.24. The fourth-order valence-electron chi connectivity index (χ4n) is 1.15. The third-order valence-electron chi connectivity index (χ3n) is 2.06. The zero-order chi connectivity index (χ0) is 9.84. The van der Waals surface area contributed by atoms with Crippen molar-refractivity contribution >= 4 is 5.97 Å². The molecule has 0 bridgehead atoms. The van der Waals surface area contributed by atoms with Crippen molar-refractivity contribution in [2.24, 2.45) is 5.92 Å². The van der Waals surface area contributed by atoms with Crippen molar-refractivity contribution in [2.45, 2.75) is 20.3 Å². The lowest BCUT2D eigenvalue weighted by Crippen LogP contribution is -2.13. The summed E-state index contributed by atoms with van der Waals surface area (Å²) in [6.45, 7) is 3.60. The summed E-state index contributed by atoms with van der Waals surface area (Å²) in [6.07, 6.45) is 2.26. The van der Waals surface area contributed by atoms with E-state index in [4.69, 9.17) is 5.11 Å². The molecule has 1 aromatic rings. The van der Waals surface area contributed by atoms with Crippen LogP contribution < -0.4 is 0 Å². The van der Waals surface area contributed by atoms with Crippen molar-refractivity contribution in [1.29, 1.82) is 0 Å². The maximum absolute atomic E-state index is 10.6. The largest absolute Gasteiger partial charge is 0.481 e. The highest BCUT2D eigenvalue weighted by Gasteiger charge is 2.12. The van der Waals surface area contributed by atoms with Crippen molar-refractivity contribution < 1.29 is 9.90 Å². The molecule has 0 aromatic carbocycles. The monoisotopic (exact) mass is 179 g/mol. The predicted molar refractivity (Wildman–Crippen MR) is 49.5 cm³/mol. The van der Waals surface area contributed by atoms with Crippen LogP contribution in [-0.4, -0.2) is 16.1 Å². The molecule has 0 saturated heterocycles. The van der Waals surface area contributed by atoms with Crippen LogP contribution in [0.25, 0.3) is 0 Å². The van der Waals surface area contributed by atoms with E-state index >= 15 is 0 Å². The Balaban J connectivity index is 2.74. The van der Waals surface area contributed by atoms with Crippen molar-refractivity contribution in [2.75, 3.05) is 0 Å². The molecule has 0 saturated carbocycles. The van der Waals surface area contributed by atoms with Crippen LogP contribution in [0.3, 0.4) is 0 Å². The molecule has 13 heavy (non-hydrogen) atoms. The Labute approximate surface area is 77.4 Å². The Hall–Kier alpha value is -1.38. The van der Waals surface area contributed by atoms with Crippen LogP contribution in [0.15, 0.2) is 18.3 Å². The van der Waals surface area contributed by atoms with Gasteiger partial charge in [0.15, 0.2) is 0 Å². The fraction of sp³-hybridized carbons (Fsp3) is 0.400. The first-order valence-electron chi connectivity index (χ1n) is 4.24. The normalized spacial score (nSPS) is 12.5. The van der Waals surface area contributed by atoms with E-state index in [1.54, 1.807) is 13.1 Å². The van der Waals surface area contributed by atoms with E-state index in [-0.39, 0.29) is 5.92 Å². The molecule has 0 spiro atoms. The zero-order valence-electron chi connectivity index (χ0n) is 7.82. The molecule has 1 heterocycles. The van der Waals surface area contributed by atoms with Crippen LogP contribution in [0.4, 0.5) is 0 Å². The van der Waals surface area contributed by atoms with Gasteiger partial charge in [-0.25, -0.2) is 0 Å². The summed E-state index contributed by atoms with van der Waals surface area (Å²) in [5.74, 6) is -1.11. The summed E-state index contributed by atoms with van der Waals surface area (Å²) in [4.78, 5) is 14.7. The van der Waals surface area contributed by atoms with Gasteiger partial charge < -0.3 is 5.11 Å². The molecule has 1 unspecified atom stereocenters. The number of nitrogens with zero attached hydrogens (tertiary/aromatic N) is 1. The van der Waals surface area contributed by atoms with Gasteiger partial charge in [-0.15, -0.1) is 0 Å². The smallest absolute Gasteiger partial charge is 0.306 e. The second-order valence-corrected chi connectivity index (χ2v) is 3.19. The van der Waals surface area contributed by atoms with Gasteiger partial charge in [-0.05, 0) is 25.0 Å².